The van der Waals surface area contributed by atoms with Gasteiger partial charge in [0.2, 0.25) is 5.78 Å². The molecule has 7 heteroatoms. The van der Waals surface area contributed by atoms with Crippen molar-refractivity contribution in [2.45, 2.75) is 6.54 Å². The summed E-state index contributed by atoms with van der Waals surface area (Å²) < 4.78 is 1.52. The van der Waals surface area contributed by atoms with Gasteiger partial charge in [0.25, 0.3) is 5.69 Å². The molecule has 0 spiro atoms. The third-order valence-electron chi connectivity index (χ3n) is 2.61. The van der Waals surface area contributed by atoms with Crippen LogP contribution in [0.5, 0.6) is 0 Å². The zero-order chi connectivity index (χ0) is 14.7. The number of nitro groups is 1. The van der Waals surface area contributed by atoms with E-state index < -0.39 is 10.7 Å². The molecular weight excluding hydrogens is 282 g/mol. The van der Waals surface area contributed by atoms with Crippen molar-refractivity contribution in [1.82, 2.24) is 9.78 Å². The van der Waals surface area contributed by atoms with Crippen molar-refractivity contribution in [3.05, 3.63) is 69.5 Å². The maximum absolute atomic E-state index is 12.3. The third kappa shape index (κ3) is 2.75. The smallest absolute Gasteiger partial charge is 0.282 e. The zero-order valence-corrected chi connectivity index (χ0v) is 11.1. The Morgan fingerprint density at radius 3 is 2.95 bits per heavy atom. The fraction of sp³-hybridized carbons (Fsp3) is 0.0769. The Kier molecular flexibility index (Phi) is 3.95. The summed E-state index contributed by atoms with van der Waals surface area (Å²) >= 11 is 5.71. The highest BCUT2D eigenvalue weighted by molar-refractivity contribution is 6.31. The van der Waals surface area contributed by atoms with Crippen LogP contribution in [0.1, 0.15) is 15.9 Å². The average molecular weight is 292 g/mol. The molecule has 0 N–H and O–H groups in total. The lowest BCUT2D eigenvalue weighted by molar-refractivity contribution is -0.385. The Hall–Kier alpha value is -2.47. The van der Waals surface area contributed by atoms with Crippen LogP contribution < -0.4 is 0 Å². The van der Waals surface area contributed by atoms with Crippen molar-refractivity contribution in [3.63, 3.8) is 0 Å². The molecule has 0 saturated carbocycles. The van der Waals surface area contributed by atoms with Crippen molar-refractivity contribution in [2.75, 3.05) is 0 Å². The predicted molar refractivity (Wildman–Crippen MR) is 74.0 cm³/mol. The van der Waals surface area contributed by atoms with Crippen molar-refractivity contribution in [1.29, 1.82) is 0 Å². The molecule has 20 heavy (non-hydrogen) atoms. The number of allylic oxidation sites excluding steroid dienone is 1. The number of ketones is 1. The van der Waals surface area contributed by atoms with Gasteiger partial charge in [-0.2, -0.15) is 5.10 Å². The minimum absolute atomic E-state index is 0.0162. The van der Waals surface area contributed by atoms with Crippen LogP contribution in [0.3, 0.4) is 0 Å². The van der Waals surface area contributed by atoms with Crippen molar-refractivity contribution >= 4 is 23.1 Å². The number of carbonyl (C=O) groups excluding carboxylic acids is 1. The molecule has 6 nitrogen and oxygen atoms in total. The van der Waals surface area contributed by atoms with Gasteiger partial charge in [0.15, 0.2) is 0 Å². The zero-order valence-electron chi connectivity index (χ0n) is 10.3. The molecule has 0 aliphatic carbocycles. The first-order valence-electron chi connectivity index (χ1n) is 5.65. The number of nitro benzene ring substituents is 1. The third-order valence-corrected chi connectivity index (χ3v) is 2.85. The number of nitrogens with zero attached hydrogens (tertiary/aromatic N) is 3. The number of halogens is 1. The molecule has 1 aromatic heterocycles. The summed E-state index contributed by atoms with van der Waals surface area (Å²) in [4.78, 5) is 22.6. The van der Waals surface area contributed by atoms with Gasteiger partial charge in [-0.25, -0.2) is 0 Å². The Balaban J connectivity index is 2.42. The maximum atomic E-state index is 12.3. The number of rotatable bonds is 5. The van der Waals surface area contributed by atoms with Crippen LogP contribution in [-0.4, -0.2) is 20.5 Å². The van der Waals surface area contributed by atoms with Crippen LogP contribution in [0.15, 0.2) is 43.2 Å². The lowest BCUT2D eigenvalue weighted by Gasteiger charge is -2.01. The molecule has 0 bridgehead atoms. The van der Waals surface area contributed by atoms with E-state index in [4.69, 9.17) is 11.6 Å². The van der Waals surface area contributed by atoms with Crippen molar-refractivity contribution in [3.8, 4) is 0 Å². The lowest BCUT2D eigenvalue weighted by Crippen LogP contribution is -2.05. The van der Waals surface area contributed by atoms with E-state index in [1.165, 1.54) is 29.2 Å². The molecular formula is C13H10ClN3O3. The Morgan fingerprint density at radius 2 is 2.30 bits per heavy atom. The van der Waals surface area contributed by atoms with Gasteiger partial charge in [0, 0.05) is 17.3 Å². The highest BCUT2D eigenvalue weighted by atomic mass is 35.5. The van der Waals surface area contributed by atoms with Gasteiger partial charge in [0.1, 0.15) is 5.56 Å². The Bertz CT molecular complexity index is 694. The maximum Gasteiger partial charge on any atom is 0.282 e. The normalized spacial score (nSPS) is 10.2. The molecule has 2 aromatic rings. The molecule has 0 amide bonds. The second-order valence-corrected chi connectivity index (χ2v) is 4.42. The van der Waals surface area contributed by atoms with E-state index in [0.717, 1.165) is 6.07 Å². The fourth-order valence-corrected chi connectivity index (χ4v) is 1.88. The minimum Gasteiger partial charge on any atom is -0.288 e. The standard InChI is InChI=1S/C13H10ClN3O3/c1-2-5-16-8-9(7-15-16)13(18)11-4-3-10(14)6-12(11)17(19)20/h2-4,6-8H,1,5H2. The molecule has 1 aromatic carbocycles. The second kappa shape index (κ2) is 5.66. The van der Waals surface area contributed by atoms with Crippen LogP contribution in [0, 0.1) is 10.1 Å². The topological polar surface area (TPSA) is 78.0 Å². The van der Waals surface area contributed by atoms with E-state index in [-0.39, 0.29) is 21.8 Å². The van der Waals surface area contributed by atoms with Gasteiger partial charge in [-0.05, 0) is 12.1 Å². The van der Waals surface area contributed by atoms with Gasteiger partial charge in [-0.3, -0.25) is 19.6 Å². The van der Waals surface area contributed by atoms with Crippen molar-refractivity contribution in [2.24, 2.45) is 0 Å². The van der Waals surface area contributed by atoms with Crippen molar-refractivity contribution < 1.29 is 9.72 Å². The molecule has 0 radical (unpaired) electrons. The number of hydrogen-bond donors (Lipinski definition) is 0. The first kappa shape index (κ1) is 14.0. The summed E-state index contributed by atoms with van der Waals surface area (Å²) in [5, 5.41) is 15.2. The number of carbonyl (C=O) groups is 1. The molecule has 0 aliphatic heterocycles. The minimum atomic E-state index is -0.632. The van der Waals surface area contributed by atoms with E-state index >= 15 is 0 Å². The van der Waals surface area contributed by atoms with E-state index in [0.29, 0.717) is 6.54 Å². The highest BCUT2D eigenvalue weighted by Crippen LogP contribution is 2.25. The molecule has 1 heterocycles. The molecule has 0 atom stereocenters. The summed E-state index contributed by atoms with van der Waals surface area (Å²) in [5.74, 6) is -0.469. The van der Waals surface area contributed by atoms with E-state index in [9.17, 15) is 14.9 Å². The molecule has 0 fully saturated rings. The Morgan fingerprint density at radius 1 is 1.55 bits per heavy atom. The van der Waals surface area contributed by atoms with Gasteiger partial charge in [0.05, 0.1) is 23.2 Å². The second-order valence-electron chi connectivity index (χ2n) is 3.99. The van der Waals surface area contributed by atoms with E-state index in [1.54, 1.807) is 6.08 Å². The number of benzene rings is 1. The summed E-state index contributed by atoms with van der Waals surface area (Å²) in [5.41, 5.74) is -0.0613. The summed E-state index contributed by atoms with van der Waals surface area (Å²) in [7, 11) is 0. The monoisotopic (exact) mass is 291 g/mol. The largest absolute Gasteiger partial charge is 0.288 e. The van der Waals surface area contributed by atoms with E-state index in [2.05, 4.69) is 11.7 Å². The Labute approximate surface area is 119 Å². The van der Waals surface area contributed by atoms with E-state index in [1.807, 2.05) is 0 Å². The predicted octanol–water partition coefficient (Wildman–Crippen LogP) is 2.86. The van der Waals surface area contributed by atoms with Crippen LogP contribution in [0.2, 0.25) is 5.02 Å². The summed E-state index contributed by atoms with van der Waals surface area (Å²) in [6, 6.07) is 3.94. The van der Waals surface area contributed by atoms with Crippen LogP contribution in [0.4, 0.5) is 5.69 Å². The number of aromatic nitrogens is 2. The fourth-order valence-electron chi connectivity index (χ4n) is 1.72. The number of hydrogen-bond acceptors (Lipinski definition) is 4. The first-order valence-corrected chi connectivity index (χ1v) is 6.02. The van der Waals surface area contributed by atoms with Gasteiger partial charge in [-0.15, -0.1) is 6.58 Å². The van der Waals surface area contributed by atoms with Gasteiger partial charge >= 0.3 is 0 Å². The first-order chi connectivity index (χ1) is 9.52. The molecule has 0 saturated heterocycles. The molecule has 102 valence electrons. The molecule has 2 rings (SSSR count). The van der Waals surface area contributed by atoms with Gasteiger partial charge < -0.3 is 0 Å². The SMILES string of the molecule is C=CCn1cc(C(=O)c2ccc(Cl)cc2[N+](=O)[O-])cn1. The summed E-state index contributed by atoms with van der Waals surface area (Å²) in [6.07, 6.45) is 4.51. The van der Waals surface area contributed by atoms with Crippen LogP contribution in [-0.2, 0) is 6.54 Å². The van der Waals surface area contributed by atoms with Crippen LogP contribution in [0.25, 0.3) is 0 Å². The summed E-state index contributed by atoms with van der Waals surface area (Å²) in [6.45, 7) is 4.02. The average Bonchev–Trinajstić information content (AvgIpc) is 2.87. The molecule has 0 unspecified atom stereocenters. The van der Waals surface area contributed by atoms with Crippen LogP contribution >= 0.6 is 11.6 Å². The molecule has 0 aliphatic rings. The van der Waals surface area contributed by atoms with Gasteiger partial charge in [-0.1, -0.05) is 17.7 Å². The lowest BCUT2D eigenvalue weighted by atomic mass is 10.0. The quantitative estimate of drug-likeness (QED) is 0.367. The highest BCUT2D eigenvalue weighted by Gasteiger charge is 2.22.